The number of aliphatic hydroxyl groups is 1. The van der Waals surface area contributed by atoms with Gasteiger partial charge in [0.15, 0.2) is 0 Å². The van der Waals surface area contributed by atoms with Crippen LogP contribution in [-0.2, 0) is 5.60 Å². The van der Waals surface area contributed by atoms with Gasteiger partial charge in [0.25, 0.3) is 0 Å². The Kier molecular flexibility index (Phi) is 3.21. The van der Waals surface area contributed by atoms with Crippen LogP contribution >= 0.6 is 11.3 Å². The zero-order chi connectivity index (χ0) is 13.5. The summed E-state index contributed by atoms with van der Waals surface area (Å²) in [4.78, 5) is 4.85. The molecule has 1 aromatic heterocycles. The van der Waals surface area contributed by atoms with Crippen LogP contribution in [0.25, 0.3) is 10.6 Å². The zero-order valence-electron chi connectivity index (χ0n) is 10.3. The molecule has 1 N–H and O–H groups in total. The minimum Gasteiger partial charge on any atom is -0.385 e. The van der Waals surface area contributed by atoms with Gasteiger partial charge in [-0.3, -0.25) is 0 Å². The van der Waals surface area contributed by atoms with Gasteiger partial charge in [-0.25, -0.2) is 13.8 Å². The van der Waals surface area contributed by atoms with Crippen molar-refractivity contribution in [1.82, 2.24) is 4.98 Å². The fourth-order valence-electron chi connectivity index (χ4n) is 1.74. The number of hydrogen-bond acceptors (Lipinski definition) is 3. The predicted octanol–water partition coefficient (Wildman–Crippen LogP) is 3.62. The Balaban J connectivity index is 2.56. The molecule has 0 unspecified atom stereocenters. The van der Waals surface area contributed by atoms with E-state index in [1.54, 1.807) is 20.8 Å². The van der Waals surface area contributed by atoms with Gasteiger partial charge in [0.2, 0.25) is 0 Å². The van der Waals surface area contributed by atoms with E-state index in [-0.39, 0.29) is 5.56 Å². The first-order valence-corrected chi connectivity index (χ1v) is 6.26. The van der Waals surface area contributed by atoms with Gasteiger partial charge in [-0.2, -0.15) is 0 Å². The molecule has 0 saturated heterocycles. The molecule has 5 heteroatoms. The highest BCUT2D eigenvalue weighted by atomic mass is 32.1. The lowest BCUT2D eigenvalue weighted by molar-refractivity contribution is 0.0817. The summed E-state index contributed by atoms with van der Waals surface area (Å²) < 4.78 is 26.8. The normalized spacial score (nSPS) is 11.9. The van der Waals surface area contributed by atoms with Crippen molar-refractivity contribution in [3.63, 3.8) is 0 Å². The van der Waals surface area contributed by atoms with Crippen LogP contribution in [-0.4, -0.2) is 10.1 Å². The quantitative estimate of drug-likeness (QED) is 0.903. The molecule has 0 bridgehead atoms. The van der Waals surface area contributed by atoms with Gasteiger partial charge in [0, 0.05) is 5.56 Å². The Morgan fingerprint density at radius 2 is 1.94 bits per heavy atom. The average Bonchev–Trinajstić information content (AvgIpc) is 2.63. The summed E-state index contributed by atoms with van der Waals surface area (Å²) in [7, 11) is 0. The van der Waals surface area contributed by atoms with E-state index in [4.69, 9.17) is 0 Å². The van der Waals surface area contributed by atoms with Gasteiger partial charge >= 0.3 is 0 Å². The lowest BCUT2D eigenvalue weighted by Crippen LogP contribution is -2.14. The van der Waals surface area contributed by atoms with Crippen molar-refractivity contribution >= 4 is 11.3 Å². The van der Waals surface area contributed by atoms with E-state index < -0.39 is 17.2 Å². The number of thiazole rings is 1. The molecule has 0 aliphatic rings. The fraction of sp³-hybridized carbons (Fsp3) is 0.308. The molecule has 1 heterocycles. The topological polar surface area (TPSA) is 33.1 Å². The van der Waals surface area contributed by atoms with Gasteiger partial charge in [-0.05, 0) is 39.0 Å². The maximum atomic E-state index is 13.6. The average molecular weight is 269 g/mol. The van der Waals surface area contributed by atoms with E-state index in [0.29, 0.717) is 15.6 Å². The van der Waals surface area contributed by atoms with Gasteiger partial charge in [-0.15, -0.1) is 11.3 Å². The highest BCUT2D eigenvalue weighted by Crippen LogP contribution is 2.35. The molecule has 96 valence electrons. The third-order valence-electron chi connectivity index (χ3n) is 2.51. The standard InChI is InChI=1S/C13H13F2NOS/c1-7-11(13(2,3)17)18-12(16-7)9-6-8(14)4-5-10(9)15/h4-6,17H,1-3H3. The maximum Gasteiger partial charge on any atom is 0.133 e. The summed E-state index contributed by atoms with van der Waals surface area (Å²) in [6.45, 7) is 5.02. The molecule has 0 aliphatic heterocycles. The molecule has 0 radical (unpaired) electrons. The van der Waals surface area contributed by atoms with Gasteiger partial charge < -0.3 is 5.11 Å². The molecular weight excluding hydrogens is 256 g/mol. The first-order valence-electron chi connectivity index (χ1n) is 5.45. The largest absolute Gasteiger partial charge is 0.385 e. The Morgan fingerprint density at radius 3 is 2.50 bits per heavy atom. The molecule has 0 amide bonds. The molecule has 0 fully saturated rings. The van der Waals surface area contributed by atoms with E-state index in [1.807, 2.05) is 0 Å². The van der Waals surface area contributed by atoms with Crippen LogP contribution in [0.3, 0.4) is 0 Å². The Morgan fingerprint density at radius 1 is 1.28 bits per heavy atom. The van der Waals surface area contributed by atoms with E-state index >= 15 is 0 Å². The summed E-state index contributed by atoms with van der Waals surface area (Å²) in [6, 6.07) is 3.25. The van der Waals surface area contributed by atoms with Crippen molar-refractivity contribution in [3.05, 3.63) is 40.4 Å². The number of hydrogen-bond donors (Lipinski definition) is 1. The lowest BCUT2D eigenvalue weighted by atomic mass is 10.1. The Labute approximate surface area is 108 Å². The molecule has 0 atom stereocenters. The minimum atomic E-state index is -1.04. The smallest absolute Gasteiger partial charge is 0.133 e. The van der Waals surface area contributed by atoms with Crippen molar-refractivity contribution in [2.45, 2.75) is 26.4 Å². The molecular formula is C13H13F2NOS. The SMILES string of the molecule is Cc1nc(-c2cc(F)ccc2F)sc1C(C)(C)O. The maximum absolute atomic E-state index is 13.6. The van der Waals surface area contributed by atoms with Crippen molar-refractivity contribution in [2.24, 2.45) is 0 Å². The van der Waals surface area contributed by atoms with E-state index in [9.17, 15) is 13.9 Å². The van der Waals surface area contributed by atoms with E-state index in [2.05, 4.69) is 4.98 Å². The van der Waals surface area contributed by atoms with Crippen molar-refractivity contribution in [1.29, 1.82) is 0 Å². The van der Waals surface area contributed by atoms with Crippen LogP contribution in [0, 0.1) is 18.6 Å². The summed E-state index contributed by atoms with van der Waals surface area (Å²) in [5, 5.41) is 10.3. The number of benzene rings is 1. The third kappa shape index (κ3) is 2.42. The Bertz CT molecular complexity index is 587. The van der Waals surface area contributed by atoms with Crippen LogP contribution in [0.1, 0.15) is 24.4 Å². The van der Waals surface area contributed by atoms with Gasteiger partial charge in [0.1, 0.15) is 16.6 Å². The number of aromatic nitrogens is 1. The molecule has 18 heavy (non-hydrogen) atoms. The number of nitrogens with zero attached hydrogens (tertiary/aromatic N) is 1. The van der Waals surface area contributed by atoms with E-state index in [0.717, 1.165) is 18.2 Å². The second-order valence-electron chi connectivity index (χ2n) is 4.62. The van der Waals surface area contributed by atoms with Crippen LogP contribution in [0.4, 0.5) is 8.78 Å². The second-order valence-corrected chi connectivity index (χ2v) is 5.62. The monoisotopic (exact) mass is 269 g/mol. The number of halogens is 2. The minimum absolute atomic E-state index is 0.124. The summed E-state index contributed by atoms with van der Waals surface area (Å²) in [5.74, 6) is -1.03. The fourth-order valence-corrected chi connectivity index (χ4v) is 2.83. The van der Waals surface area contributed by atoms with Gasteiger partial charge in [-0.1, -0.05) is 0 Å². The first-order chi connectivity index (χ1) is 8.29. The molecule has 1 aromatic carbocycles. The zero-order valence-corrected chi connectivity index (χ0v) is 11.1. The van der Waals surface area contributed by atoms with Crippen molar-refractivity contribution in [3.8, 4) is 10.6 Å². The predicted molar refractivity (Wildman–Crippen MR) is 67.4 cm³/mol. The first kappa shape index (κ1) is 13.1. The van der Waals surface area contributed by atoms with Crippen LogP contribution in [0.15, 0.2) is 18.2 Å². The van der Waals surface area contributed by atoms with Crippen molar-refractivity contribution in [2.75, 3.05) is 0 Å². The highest BCUT2D eigenvalue weighted by Gasteiger charge is 2.24. The summed E-state index contributed by atoms with van der Waals surface area (Å²) in [6.07, 6.45) is 0. The number of rotatable bonds is 2. The lowest BCUT2D eigenvalue weighted by Gasteiger charge is -2.14. The Hall–Kier alpha value is -1.33. The molecule has 0 saturated carbocycles. The molecule has 2 aromatic rings. The third-order valence-corrected chi connectivity index (χ3v) is 4.01. The molecule has 2 nitrogen and oxygen atoms in total. The molecule has 0 aliphatic carbocycles. The van der Waals surface area contributed by atoms with Crippen LogP contribution in [0.2, 0.25) is 0 Å². The number of aryl methyl sites for hydroxylation is 1. The molecule has 2 rings (SSSR count). The van der Waals surface area contributed by atoms with Crippen LogP contribution in [0.5, 0.6) is 0 Å². The molecule has 0 spiro atoms. The summed E-state index contributed by atoms with van der Waals surface area (Å²) >= 11 is 1.17. The second kappa shape index (κ2) is 4.40. The highest BCUT2D eigenvalue weighted by molar-refractivity contribution is 7.15. The van der Waals surface area contributed by atoms with Crippen LogP contribution < -0.4 is 0 Å². The summed E-state index contributed by atoms with van der Waals surface area (Å²) in [5.41, 5.74) is -0.283. The van der Waals surface area contributed by atoms with Crippen molar-refractivity contribution < 1.29 is 13.9 Å². The van der Waals surface area contributed by atoms with E-state index in [1.165, 1.54) is 11.3 Å². The van der Waals surface area contributed by atoms with Gasteiger partial charge in [0.05, 0.1) is 16.2 Å².